The number of nitrogens with one attached hydrogen (secondary N) is 1. The van der Waals surface area contributed by atoms with Gasteiger partial charge >= 0.3 is 0 Å². The molecule has 7 nitrogen and oxygen atoms in total. The highest BCUT2D eigenvalue weighted by Gasteiger charge is 2.20. The van der Waals surface area contributed by atoms with Crippen LogP contribution in [-0.4, -0.2) is 32.0 Å². The number of rotatable bonds is 5. The van der Waals surface area contributed by atoms with E-state index in [1.807, 2.05) is 0 Å². The molecule has 148 valence electrons. The maximum atomic E-state index is 12.8. The fraction of sp³-hybridized carbons (Fsp3) is 0.200. The summed E-state index contributed by atoms with van der Waals surface area (Å²) in [6.45, 7) is 0.723. The van der Waals surface area contributed by atoms with Gasteiger partial charge in [-0.25, -0.2) is 14.4 Å². The van der Waals surface area contributed by atoms with Crippen LogP contribution in [0.25, 0.3) is 0 Å². The quantitative estimate of drug-likeness (QED) is 0.488. The van der Waals surface area contributed by atoms with Gasteiger partial charge in [0, 0.05) is 43.2 Å². The zero-order valence-electron chi connectivity index (χ0n) is 15.4. The Morgan fingerprint density at radius 3 is 3.00 bits per heavy atom. The number of hydrogen-bond donors (Lipinski definition) is 2. The summed E-state index contributed by atoms with van der Waals surface area (Å²) in [6, 6.07) is 8.47. The molecule has 0 bridgehead atoms. The monoisotopic (exact) mass is 411 g/mol. The molecule has 0 fully saturated rings. The van der Waals surface area contributed by atoms with Crippen molar-refractivity contribution in [1.82, 2.24) is 15.0 Å². The van der Waals surface area contributed by atoms with E-state index in [9.17, 15) is 9.18 Å². The van der Waals surface area contributed by atoms with E-state index in [0.29, 0.717) is 53.5 Å². The van der Waals surface area contributed by atoms with E-state index in [-0.39, 0.29) is 5.91 Å². The number of fused-ring (bicyclic) bond motifs is 1. The SMILES string of the molecule is O=C(Nc1cccc(CF)c1)c1cncc(N2CCc3nc(SO)ncc3C2)c1. The van der Waals surface area contributed by atoms with E-state index in [1.165, 1.54) is 6.20 Å². The van der Waals surface area contributed by atoms with Gasteiger partial charge in [0.25, 0.3) is 5.91 Å². The molecule has 3 aromatic rings. The molecule has 29 heavy (non-hydrogen) atoms. The number of benzene rings is 1. The second-order valence-corrected chi connectivity index (χ2v) is 7.16. The molecule has 3 heterocycles. The third-order valence-corrected chi connectivity index (χ3v) is 5.04. The molecule has 0 spiro atoms. The van der Waals surface area contributed by atoms with Gasteiger partial charge in [-0.2, -0.15) is 0 Å². The maximum Gasteiger partial charge on any atom is 0.257 e. The number of pyridine rings is 1. The lowest BCUT2D eigenvalue weighted by Gasteiger charge is -2.29. The lowest BCUT2D eigenvalue weighted by atomic mass is 10.1. The minimum atomic E-state index is -0.584. The van der Waals surface area contributed by atoms with Crippen LogP contribution in [-0.2, 0) is 19.6 Å². The Kier molecular flexibility index (Phi) is 5.68. The van der Waals surface area contributed by atoms with Crippen LogP contribution in [0.15, 0.2) is 54.1 Å². The summed E-state index contributed by atoms with van der Waals surface area (Å²) in [5, 5.41) is 3.12. The molecular weight excluding hydrogens is 393 g/mol. The van der Waals surface area contributed by atoms with Gasteiger partial charge in [0.2, 0.25) is 5.16 Å². The zero-order valence-corrected chi connectivity index (χ0v) is 16.2. The van der Waals surface area contributed by atoms with Gasteiger partial charge in [0.15, 0.2) is 0 Å². The molecule has 0 unspecified atom stereocenters. The van der Waals surface area contributed by atoms with Crippen molar-refractivity contribution >= 4 is 29.3 Å². The maximum absolute atomic E-state index is 12.8. The summed E-state index contributed by atoms with van der Waals surface area (Å²) in [5.41, 5.74) is 4.18. The van der Waals surface area contributed by atoms with Crippen molar-refractivity contribution in [3.05, 3.63) is 71.3 Å². The Morgan fingerprint density at radius 2 is 2.17 bits per heavy atom. The molecule has 0 radical (unpaired) electrons. The van der Waals surface area contributed by atoms with Crippen molar-refractivity contribution in [2.45, 2.75) is 24.8 Å². The van der Waals surface area contributed by atoms with Gasteiger partial charge in [0.1, 0.15) is 6.67 Å². The average molecular weight is 411 g/mol. The summed E-state index contributed by atoms with van der Waals surface area (Å²) in [7, 11) is 0. The number of carbonyl (C=O) groups excluding carboxylic acids is 1. The topological polar surface area (TPSA) is 91.2 Å². The third kappa shape index (κ3) is 4.36. The fourth-order valence-corrected chi connectivity index (χ4v) is 3.47. The molecule has 2 N–H and O–H groups in total. The standard InChI is InChI=1S/C20H18FN5O2S/c21-8-13-2-1-3-16(6-13)24-19(27)14-7-17(11-22-9-14)26-5-4-18-15(12-26)10-23-20(25-18)29-28/h1-3,6-7,9-11,28H,4-5,8,12H2,(H,24,27). The van der Waals surface area contributed by atoms with E-state index in [4.69, 9.17) is 4.55 Å². The zero-order chi connectivity index (χ0) is 20.2. The summed E-state index contributed by atoms with van der Waals surface area (Å²) < 4.78 is 21.9. The highest BCUT2D eigenvalue weighted by atomic mass is 32.2. The summed E-state index contributed by atoms with van der Waals surface area (Å²) in [4.78, 5) is 27.4. The first kappa shape index (κ1) is 19.3. The van der Waals surface area contributed by atoms with Crippen LogP contribution in [0.5, 0.6) is 0 Å². The predicted molar refractivity (Wildman–Crippen MR) is 109 cm³/mol. The molecule has 0 saturated heterocycles. The minimum absolute atomic E-state index is 0.305. The number of anilines is 2. The van der Waals surface area contributed by atoms with Gasteiger partial charge in [-0.3, -0.25) is 9.78 Å². The van der Waals surface area contributed by atoms with Crippen molar-refractivity contribution in [2.75, 3.05) is 16.8 Å². The summed E-state index contributed by atoms with van der Waals surface area (Å²) >= 11 is 0.536. The molecule has 2 aromatic heterocycles. The van der Waals surface area contributed by atoms with E-state index in [2.05, 4.69) is 25.2 Å². The van der Waals surface area contributed by atoms with Gasteiger partial charge in [-0.05, 0) is 23.8 Å². The lowest BCUT2D eigenvalue weighted by Crippen LogP contribution is -2.31. The van der Waals surface area contributed by atoms with Crippen molar-refractivity contribution in [3.63, 3.8) is 0 Å². The minimum Gasteiger partial charge on any atom is -0.365 e. The molecule has 1 amide bonds. The van der Waals surface area contributed by atoms with E-state index in [1.54, 1.807) is 42.7 Å². The Labute approximate surface area is 171 Å². The first-order valence-corrected chi connectivity index (χ1v) is 9.76. The molecule has 1 aliphatic heterocycles. The highest BCUT2D eigenvalue weighted by Crippen LogP contribution is 2.25. The van der Waals surface area contributed by atoms with Crippen LogP contribution in [0.3, 0.4) is 0 Å². The van der Waals surface area contributed by atoms with Crippen LogP contribution < -0.4 is 10.2 Å². The van der Waals surface area contributed by atoms with E-state index in [0.717, 1.165) is 16.9 Å². The number of hydrogen-bond acceptors (Lipinski definition) is 7. The lowest BCUT2D eigenvalue weighted by molar-refractivity contribution is 0.102. The second kappa shape index (κ2) is 8.54. The van der Waals surface area contributed by atoms with Crippen molar-refractivity contribution in [2.24, 2.45) is 0 Å². The van der Waals surface area contributed by atoms with E-state index < -0.39 is 6.67 Å². The molecule has 9 heteroatoms. The number of halogens is 1. The van der Waals surface area contributed by atoms with Gasteiger partial charge in [-0.15, -0.1) is 0 Å². The second-order valence-electron chi connectivity index (χ2n) is 6.61. The first-order chi connectivity index (χ1) is 14.2. The largest absolute Gasteiger partial charge is 0.365 e. The number of carbonyl (C=O) groups is 1. The Balaban J connectivity index is 1.50. The molecule has 4 rings (SSSR count). The smallest absolute Gasteiger partial charge is 0.257 e. The molecular formula is C20H18FN5O2S. The van der Waals surface area contributed by atoms with Crippen molar-refractivity contribution < 1.29 is 13.7 Å². The number of aromatic nitrogens is 3. The Morgan fingerprint density at radius 1 is 1.28 bits per heavy atom. The van der Waals surface area contributed by atoms with Gasteiger partial charge < -0.3 is 14.8 Å². The average Bonchev–Trinajstić information content (AvgIpc) is 2.78. The number of amides is 1. The van der Waals surface area contributed by atoms with Crippen LogP contribution in [0.2, 0.25) is 0 Å². The molecule has 1 aliphatic rings. The predicted octanol–water partition coefficient (Wildman–Crippen LogP) is 3.72. The molecule has 0 atom stereocenters. The van der Waals surface area contributed by atoms with Crippen LogP contribution in [0.1, 0.15) is 27.2 Å². The normalized spacial score (nSPS) is 13.1. The molecule has 0 saturated carbocycles. The highest BCUT2D eigenvalue weighted by molar-refractivity contribution is 7.93. The Hall–Kier alpha value is -3.04. The summed E-state index contributed by atoms with van der Waals surface area (Å²) in [5.74, 6) is -0.305. The van der Waals surface area contributed by atoms with Crippen molar-refractivity contribution in [1.29, 1.82) is 0 Å². The fourth-order valence-electron chi connectivity index (χ4n) is 3.22. The molecule has 0 aliphatic carbocycles. The van der Waals surface area contributed by atoms with Crippen molar-refractivity contribution in [3.8, 4) is 0 Å². The van der Waals surface area contributed by atoms with Crippen LogP contribution in [0.4, 0.5) is 15.8 Å². The summed E-state index contributed by atoms with van der Waals surface area (Å²) in [6.07, 6.45) is 5.64. The molecule has 1 aromatic carbocycles. The van der Waals surface area contributed by atoms with Crippen LogP contribution >= 0.6 is 12.0 Å². The van der Waals surface area contributed by atoms with Crippen LogP contribution in [0, 0.1) is 0 Å². The third-order valence-electron chi connectivity index (χ3n) is 4.68. The first-order valence-electron chi connectivity index (χ1n) is 8.98. The number of alkyl halides is 1. The van der Waals surface area contributed by atoms with E-state index >= 15 is 0 Å². The van der Waals surface area contributed by atoms with Gasteiger partial charge in [0.05, 0.1) is 35.2 Å². The number of nitrogens with zero attached hydrogens (tertiary/aromatic N) is 4. The van der Waals surface area contributed by atoms with Gasteiger partial charge in [-0.1, -0.05) is 12.1 Å². The Bertz CT molecular complexity index is 1050.